The van der Waals surface area contributed by atoms with Crippen LogP contribution < -0.4 is 10.6 Å². The lowest BCUT2D eigenvalue weighted by Gasteiger charge is -2.08. The number of rotatable bonds is 4. The molecule has 0 bridgehead atoms. The van der Waals surface area contributed by atoms with Crippen molar-refractivity contribution in [2.24, 2.45) is 0 Å². The summed E-state index contributed by atoms with van der Waals surface area (Å²) in [6, 6.07) is 11.8. The largest absolute Gasteiger partial charge is 0.347 e. The maximum atomic E-state index is 11.8. The van der Waals surface area contributed by atoms with Crippen molar-refractivity contribution in [2.75, 3.05) is 11.9 Å². The third-order valence-electron chi connectivity index (χ3n) is 3.02. The fourth-order valence-electron chi connectivity index (χ4n) is 1.86. The molecule has 2 aromatic rings. The van der Waals surface area contributed by atoms with Gasteiger partial charge in [-0.05, 0) is 36.2 Å². The summed E-state index contributed by atoms with van der Waals surface area (Å²) in [5.41, 5.74) is 1.22. The Balaban J connectivity index is 1.85. The van der Waals surface area contributed by atoms with Gasteiger partial charge in [0.1, 0.15) is 0 Å². The van der Waals surface area contributed by atoms with Crippen LogP contribution in [0.15, 0.2) is 42.5 Å². The highest BCUT2D eigenvalue weighted by Gasteiger charge is 2.14. The molecule has 0 aliphatic rings. The summed E-state index contributed by atoms with van der Waals surface area (Å²) in [6.45, 7) is 0.274. The van der Waals surface area contributed by atoms with Crippen molar-refractivity contribution >= 4 is 52.3 Å². The number of benzene rings is 2. The molecule has 0 unspecified atom stereocenters. The van der Waals surface area contributed by atoms with Crippen LogP contribution in [0.5, 0.6) is 0 Å². The molecule has 2 aromatic carbocycles. The van der Waals surface area contributed by atoms with E-state index in [1.54, 1.807) is 42.5 Å². The van der Waals surface area contributed by atoms with E-state index in [0.29, 0.717) is 27.2 Å². The van der Waals surface area contributed by atoms with Crippen molar-refractivity contribution in [2.45, 2.75) is 6.42 Å². The molecule has 0 spiro atoms. The van der Waals surface area contributed by atoms with Crippen molar-refractivity contribution in [3.05, 3.63) is 63.1 Å². The smallest absolute Gasteiger partial charge is 0.313 e. The number of carbonyl (C=O) groups excluding carboxylic acids is 2. The van der Waals surface area contributed by atoms with Crippen LogP contribution in [0.25, 0.3) is 0 Å². The SMILES string of the molecule is O=C(NCCc1ccc(Cl)cc1Cl)C(=O)Nc1ccccc1Cl. The molecule has 120 valence electrons. The standard InChI is InChI=1S/C16H13Cl3N2O2/c17-11-6-5-10(13(19)9-11)7-8-20-15(22)16(23)21-14-4-2-1-3-12(14)18/h1-6,9H,7-8H2,(H,20,22)(H,21,23). The van der Waals surface area contributed by atoms with E-state index >= 15 is 0 Å². The van der Waals surface area contributed by atoms with Gasteiger partial charge in [-0.3, -0.25) is 9.59 Å². The predicted molar refractivity (Wildman–Crippen MR) is 93.3 cm³/mol. The van der Waals surface area contributed by atoms with Gasteiger partial charge in [0, 0.05) is 16.6 Å². The summed E-state index contributed by atoms with van der Waals surface area (Å²) in [6.07, 6.45) is 0.487. The minimum atomic E-state index is -0.777. The van der Waals surface area contributed by atoms with Gasteiger partial charge < -0.3 is 10.6 Å². The van der Waals surface area contributed by atoms with Gasteiger partial charge in [-0.1, -0.05) is 53.0 Å². The van der Waals surface area contributed by atoms with Crippen molar-refractivity contribution in [1.82, 2.24) is 5.32 Å². The number of para-hydroxylation sites is 1. The van der Waals surface area contributed by atoms with Crippen LogP contribution in [0.3, 0.4) is 0 Å². The second-order valence-electron chi connectivity index (χ2n) is 4.68. The molecular weight excluding hydrogens is 359 g/mol. The Bertz CT molecular complexity index is 735. The van der Waals surface area contributed by atoms with Gasteiger partial charge in [-0.2, -0.15) is 0 Å². The maximum Gasteiger partial charge on any atom is 0.313 e. The van der Waals surface area contributed by atoms with Crippen molar-refractivity contribution in [3.63, 3.8) is 0 Å². The van der Waals surface area contributed by atoms with Crippen LogP contribution in [-0.2, 0) is 16.0 Å². The lowest BCUT2D eigenvalue weighted by molar-refractivity contribution is -0.136. The number of halogens is 3. The summed E-state index contributed by atoms with van der Waals surface area (Å²) in [4.78, 5) is 23.6. The van der Waals surface area contributed by atoms with E-state index < -0.39 is 11.8 Å². The summed E-state index contributed by atoms with van der Waals surface area (Å²) in [5.74, 6) is -1.52. The molecule has 4 nitrogen and oxygen atoms in total. The predicted octanol–water partition coefficient (Wildman–Crippen LogP) is 3.94. The first-order chi connectivity index (χ1) is 11.0. The van der Waals surface area contributed by atoms with Crippen LogP contribution in [-0.4, -0.2) is 18.4 Å². The monoisotopic (exact) mass is 370 g/mol. The van der Waals surface area contributed by atoms with Crippen LogP contribution in [0.1, 0.15) is 5.56 Å². The lowest BCUT2D eigenvalue weighted by atomic mass is 10.1. The van der Waals surface area contributed by atoms with E-state index in [1.807, 2.05) is 0 Å². The number of anilines is 1. The molecule has 7 heteroatoms. The molecule has 23 heavy (non-hydrogen) atoms. The Labute approximate surface area is 148 Å². The highest BCUT2D eigenvalue weighted by Crippen LogP contribution is 2.21. The molecule has 0 heterocycles. The first kappa shape index (κ1) is 17.6. The fraction of sp³-hybridized carbons (Fsp3) is 0.125. The molecule has 0 fully saturated rings. The van der Waals surface area contributed by atoms with Crippen molar-refractivity contribution in [3.8, 4) is 0 Å². The number of amides is 2. The first-order valence-corrected chi connectivity index (χ1v) is 7.88. The molecule has 0 saturated heterocycles. The highest BCUT2D eigenvalue weighted by atomic mass is 35.5. The number of hydrogen-bond acceptors (Lipinski definition) is 2. The third-order valence-corrected chi connectivity index (χ3v) is 3.94. The molecule has 0 aliphatic heterocycles. The van der Waals surface area contributed by atoms with Gasteiger partial charge in [0.15, 0.2) is 0 Å². The molecule has 0 radical (unpaired) electrons. The van der Waals surface area contributed by atoms with Gasteiger partial charge in [0.25, 0.3) is 0 Å². The minimum Gasteiger partial charge on any atom is -0.347 e. The fourth-order valence-corrected chi connectivity index (χ4v) is 2.54. The Morgan fingerprint density at radius 2 is 1.65 bits per heavy atom. The Morgan fingerprint density at radius 1 is 0.913 bits per heavy atom. The summed E-state index contributed by atoms with van der Waals surface area (Å²) in [5, 5.41) is 6.40. The molecular formula is C16H13Cl3N2O2. The maximum absolute atomic E-state index is 11.8. The normalized spacial score (nSPS) is 10.2. The molecule has 0 atom stereocenters. The van der Waals surface area contributed by atoms with Crippen molar-refractivity contribution in [1.29, 1.82) is 0 Å². The molecule has 0 aliphatic carbocycles. The average molecular weight is 372 g/mol. The van der Waals surface area contributed by atoms with E-state index in [2.05, 4.69) is 10.6 Å². The zero-order valence-corrected chi connectivity index (χ0v) is 14.2. The van der Waals surface area contributed by atoms with E-state index in [4.69, 9.17) is 34.8 Å². The Kier molecular flexibility index (Phi) is 6.28. The van der Waals surface area contributed by atoms with Gasteiger partial charge >= 0.3 is 11.8 Å². The average Bonchev–Trinajstić information content (AvgIpc) is 2.51. The van der Waals surface area contributed by atoms with Gasteiger partial charge in [-0.15, -0.1) is 0 Å². The number of hydrogen-bond donors (Lipinski definition) is 2. The third kappa shape index (κ3) is 5.13. The van der Waals surface area contributed by atoms with Crippen LogP contribution >= 0.6 is 34.8 Å². The zero-order chi connectivity index (χ0) is 16.8. The lowest BCUT2D eigenvalue weighted by Crippen LogP contribution is -2.36. The van der Waals surface area contributed by atoms with E-state index in [0.717, 1.165) is 5.56 Å². The molecule has 2 rings (SSSR count). The molecule has 2 N–H and O–H groups in total. The van der Waals surface area contributed by atoms with Crippen LogP contribution in [0.4, 0.5) is 5.69 Å². The summed E-state index contributed by atoms with van der Waals surface area (Å²) < 4.78 is 0. The molecule has 0 aromatic heterocycles. The van der Waals surface area contributed by atoms with E-state index in [-0.39, 0.29) is 6.54 Å². The first-order valence-electron chi connectivity index (χ1n) is 6.75. The topological polar surface area (TPSA) is 58.2 Å². The van der Waals surface area contributed by atoms with Gasteiger partial charge in [0.2, 0.25) is 0 Å². The zero-order valence-electron chi connectivity index (χ0n) is 11.9. The van der Waals surface area contributed by atoms with Crippen molar-refractivity contribution < 1.29 is 9.59 Å². The Morgan fingerprint density at radius 3 is 2.35 bits per heavy atom. The number of nitrogens with one attached hydrogen (secondary N) is 2. The van der Waals surface area contributed by atoms with E-state index in [1.165, 1.54) is 0 Å². The number of carbonyl (C=O) groups is 2. The quantitative estimate of drug-likeness (QED) is 0.800. The van der Waals surface area contributed by atoms with E-state index in [9.17, 15) is 9.59 Å². The highest BCUT2D eigenvalue weighted by molar-refractivity contribution is 6.41. The van der Waals surface area contributed by atoms with Crippen LogP contribution in [0.2, 0.25) is 15.1 Å². The minimum absolute atomic E-state index is 0.274. The van der Waals surface area contributed by atoms with Gasteiger partial charge in [0.05, 0.1) is 10.7 Å². The Hall–Kier alpha value is -1.75. The molecule has 2 amide bonds. The van der Waals surface area contributed by atoms with Crippen LogP contribution in [0, 0.1) is 0 Å². The van der Waals surface area contributed by atoms with Gasteiger partial charge in [-0.25, -0.2) is 0 Å². The summed E-state index contributed by atoms with van der Waals surface area (Å²) >= 11 is 17.8. The second kappa shape index (κ2) is 8.20. The second-order valence-corrected chi connectivity index (χ2v) is 5.93. The summed E-state index contributed by atoms with van der Waals surface area (Å²) in [7, 11) is 0. The molecule has 0 saturated carbocycles.